The normalized spacial score (nSPS) is 10.6. The van der Waals surface area contributed by atoms with Gasteiger partial charge in [0, 0.05) is 10.6 Å². The quantitative estimate of drug-likeness (QED) is 0.816. The molecule has 0 saturated heterocycles. The number of amides is 1. The Balaban J connectivity index is 1.80. The Morgan fingerprint density at radius 1 is 1.30 bits per heavy atom. The van der Waals surface area contributed by atoms with E-state index < -0.39 is 5.82 Å². The smallest absolute Gasteiger partial charge is 0.234 e. The molecule has 2 rings (SSSR count). The third kappa shape index (κ3) is 4.66. The highest BCUT2D eigenvalue weighted by Crippen LogP contribution is 2.26. The van der Waals surface area contributed by atoms with Gasteiger partial charge in [0.05, 0.1) is 20.8 Å². The van der Waals surface area contributed by atoms with Crippen LogP contribution in [0.2, 0.25) is 9.36 Å². The van der Waals surface area contributed by atoms with Gasteiger partial charge in [-0.2, -0.15) is 0 Å². The van der Waals surface area contributed by atoms with Gasteiger partial charge in [-0.1, -0.05) is 23.2 Å². The first-order valence-corrected chi connectivity index (χ1v) is 8.34. The molecular weight excluding hydrogens is 340 g/mol. The molecule has 106 valence electrons. The first-order chi connectivity index (χ1) is 9.54. The standard InChI is InChI=1S/C13H10Cl2FNOS2/c14-10-5-8(16)1-3-11(10)17-13(18)7-19-6-9-2-4-12(15)20-9/h1-5H,6-7H2,(H,17,18). The molecule has 1 aromatic carbocycles. The van der Waals surface area contributed by atoms with Crippen LogP contribution in [0, 0.1) is 5.82 Å². The van der Waals surface area contributed by atoms with Crippen LogP contribution in [0.5, 0.6) is 0 Å². The Hall–Kier alpha value is -0.750. The van der Waals surface area contributed by atoms with E-state index in [2.05, 4.69) is 5.32 Å². The molecule has 0 radical (unpaired) electrons. The second kappa shape index (κ2) is 7.31. The highest BCUT2D eigenvalue weighted by molar-refractivity contribution is 7.99. The first-order valence-electron chi connectivity index (χ1n) is 5.61. The van der Waals surface area contributed by atoms with E-state index in [4.69, 9.17) is 23.2 Å². The fourth-order valence-electron chi connectivity index (χ4n) is 1.45. The van der Waals surface area contributed by atoms with Gasteiger partial charge in [0.2, 0.25) is 5.91 Å². The molecule has 0 unspecified atom stereocenters. The van der Waals surface area contributed by atoms with Crippen LogP contribution in [0.1, 0.15) is 4.88 Å². The number of benzene rings is 1. The summed E-state index contributed by atoms with van der Waals surface area (Å²) in [5.41, 5.74) is 0.415. The van der Waals surface area contributed by atoms with Crippen molar-refractivity contribution in [3.05, 3.63) is 50.4 Å². The first kappa shape index (κ1) is 15.6. The molecule has 1 amide bonds. The van der Waals surface area contributed by atoms with Gasteiger partial charge in [0.25, 0.3) is 0 Å². The Morgan fingerprint density at radius 2 is 2.10 bits per heavy atom. The van der Waals surface area contributed by atoms with Crippen molar-refractivity contribution >= 4 is 57.9 Å². The zero-order valence-electron chi connectivity index (χ0n) is 10.2. The van der Waals surface area contributed by atoms with Crippen LogP contribution in [-0.2, 0) is 10.5 Å². The summed E-state index contributed by atoms with van der Waals surface area (Å²) >= 11 is 14.6. The van der Waals surface area contributed by atoms with E-state index in [1.807, 2.05) is 12.1 Å². The number of hydrogen-bond acceptors (Lipinski definition) is 3. The SMILES string of the molecule is O=C(CSCc1ccc(Cl)s1)Nc1ccc(F)cc1Cl. The van der Waals surface area contributed by atoms with E-state index in [1.165, 1.54) is 35.2 Å². The van der Waals surface area contributed by atoms with Crippen molar-refractivity contribution in [2.75, 3.05) is 11.1 Å². The minimum Gasteiger partial charge on any atom is -0.324 e. The molecule has 7 heteroatoms. The van der Waals surface area contributed by atoms with Crippen molar-refractivity contribution in [1.82, 2.24) is 0 Å². The van der Waals surface area contributed by atoms with Crippen molar-refractivity contribution in [2.24, 2.45) is 0 Å². The minimum atomic E-state index is -0.433. The summed E-state index contributed by atoms with van der Waals surface area (Å²) in [4.78, 5) is 12.9. The molecule has 0 atom stereocenters. The Labute approximate surface area is 134 Å². The number of hydrogen-bond donors (Lipinski definition) is 1. The minimum absolute atomic E-state index is 0.175. The lowest BCUT2D eigenvalue weighted by Crippen LogP contribution is -2.14. The third-order valence-corrected chi connectivity index (χ3v) is 5.02. The summed E-state index contributed by atoms with van der Waals surface area (Å²) < 4.78 is 13.6. The summed E-state index contributed by atoms with van der Waals surface area (Å²) in [5, 5.41) is 2.84. The summed E-state index contributed by atoms with van der Waals surface area (Å²) in [6, 6.07) is 7.63. The lowest BCUT2D eigenvalue weighted by atomic mass is 10.3. The van der Waals surface area contributed by atoms with Crippen LogP contribution in [0.4, 0.5) is 10.1 Å². The van der Waals surface area contributed by atoms with Gasteiger partial charge in [0.15, 0.2) is 0 Å². The van der Waals surface area contributed by atoms with Gasteiger partial charge in [0.1, 0.15) is 5.82 Å². The maximum absolute atomic E-state index is 12.9. The highest BCUT2D eigenvalue weighted by Gasteiger charge is 2.07. The van der Waals surface area contributed by atoms with Crippen molar-refractivity contribution in [1.29, 1.82) is 0 Å². The third-order valence-electron chi connectivity index (χ3n) is 2.31. The number of carbonyl (C=O) groups excluding carboxylic acids is 1. The van der Waals surface area contributed by atoms with Gasteiger partial charge < -0.3 is 5.32 Å². The van der Waals surface area contributed by atoms with Gasteiger partial charge >= 0.3 is 0 Å². The summed E-state index contributed by atoms with van der Waals surface area (Å²) in [6.07, 6.45) is 0. The average molecular weight is 350 g/mol. The summed E-state index contributed by atoms with van der Waals surface area (Å²) in [5.74, 6) is 0.411. The summed E-state index contributed by atoms with van der Waals surface area (Å²) in [7, 11) is 0. The number of thiophene rings is 1. The molecule has 0 fully saturated rings. The number of thioether (sulfide) groups is 1. The predicted octanol–water partition coefficient (Wildman–Crippen LogP) is 5.07. The Bertz CT molecular complexity index is 618. The van der Waals surface area contributed by atoms with E-state index in [0.717, 1.165) is 21.0 Å². The van der Waals surface area contributed by atoms with Crippen molar-refractivity contribution in [3.8, 4) is 0 Å². The summed E-state index contributed by atoms with van der Waals surface area (Å²) in [6.45, 7) is 0. The van der Waals surface area contributed by atoms with Crippen molar-refractivity contribution in [3.63, 3.8) is 0 Å². The lowest BCUT2D eigenvalue weighted by Gasteiger charge is -2.06. The zero-order chi connectivity index (χ0) is 14.5. The number of nitrogens with one attached hydrogen (secondary N) is 1. The van der Waals surface area contributed by atoms with Crippen LogP contribution in [-0.4, -0.2) is 11.7 Å². The Morgan fingerprint density at radius 3 is 2.75 bits per heavy atom. The van der Waals surface area contributed by atoms with Gasteiger partial charge in [-0.05, 0) is 30.3 Å². The molecule has 0 bridgehead atoms. The monoisotopic (exact) mass is 349 g/mol. The molecule has 1 heterocycles. The molecule has 0 aliphatic heterocycles. The van der Waals surface area contributed by atoms with Crippen molar-refractivity contribution < 1.29 is 9.18 Å². The zero-order valence-corrected chi connectivity index (χ0v) is 13.3. The fraction of sp³-hybridized carbons (Fsp3) is 0.154. The molecule has 2 aromatic rings. The molecule has 0 saturated carbocycles. The predicted molar refractivity (Wildman–Crippen MR) is 85.5 cm³/mol. The highest BCUT2D eigenvalue weighted by atomic mass is 35.5. The number of carbonyl (C=O) groups is 1. The van der Waals surface area contributed by atoms with Crippen LogP contribution in [0.3, 0.4) is 0 Å². The topological polar surface area (TPSA) is 29.1 Å². The molecule has 1 N–H and O–H groups in total. The lowest BCUT2D eigenvalue weighted by molar-refractivity contribution is -0.113. The molecule has 0 aliphatic rings. The maximum atomic E-state index is 12.9. The molecule has 0 spiro atoms. The van der Waals surface area contributed by atoms with Gasteiger partial charge in [-0.25, -0.2) is 4.39 Å². The molecular formula is C13H10Cl2FNOS2. The molecule has 1 aromatic heterocycles. The Kier molecular flexibility index (Phi) is 5.72. The van der Waals surface area contributed by atoms with E-state index in [9.17, 15) is 9.18 Å². The van der Waals surface area contributed by atoms with E-state index in [1.54, 1.807) is 0 Å². The largest absolute Gasteiger partial charge is 0.324 e. The number of rotatable bonds is 5. The van der Waals surface area contributed by atoms with Crippen molar-refractivity contribution in [2.45, 2.75) is 5.75 Å². The van der Waals surface area contributed by atoms with E-state index >= 15 is 0 Å². The van der Waals surface area contributed by atoms with E-state index in [-0.39, 0.29) is 10.9 Å². The number of halogens is 3. The van der Waals surface area contributed by atoms with Crippen LogP contribution in [0.15, 0.2) is 30.3 Å². The van der Waals surface area contributed by atoms with Crippen LogP contribution in [0.25, 0.3) is 0 Å². The second-order valence-corrected chi connectivity index (χ2v) is 7.06. The second-order valence-electron chi connectivity index (χ2n) is 3.87. The molecule has 0 aliphatic carbocycles. The van der Waals surface area contributed by atoms with E-state index in [0.29, 0.717) is 11.4 Å². The van der Waals surface area contributed by atoms with Crippen LogP contribution < -0.4 is 5.32 Å². The molecule has 20 heavy (non-hydrogen) atoms. The number of anilines is 1. The fourth-order valence-corrected chi connectivity index (χ4v) is 3.69. The van der Waals surface area contributed by atoms with Gasteiger partial charge in [-0.3, -0.25) is 4.79 Å². The average Bonchev–Trinajstić information content (AvgIpc) is 2.79. The van der Waals surface area contributed by atoms with Gasteiger partial charge in [-0.15, -0.1) is 23.1 Å². The van der Waals surface area contributed by atoms with Crippen LogP contribution >= 0.6 is 46.3 Å². The molecule has 2 nitrogen and oxygen atoms in total. The maximum Gasteiger partial charge on any atom is 0.234 e.